The maximum atomic E-state index is 12.5. The zero-order chi connectivity index (χ0) is 17.3. The molecule has 2 heterocycles. The fourth-order valence-electron chi connectivity index (χ4n) is 3.22. The topological polar surface area (TPSA) is 101 Å². The first-order chi connectivity index (χ1) is 11.4. The van der Waals surface area contributed by atoms with Crippen molar-refractivity contribution < 1.29 is 9.59 Å². The van der Waals surface area contributed by atoms with Gasteiger partial charge in [-0.2, -0.15) is 0 Å². The van der Waals surface area contributed by atoms with Crippen LogP contribution in [0.25, 0.3) is 0 Å². The van der Waals surface area contributed by atoms with Gasteiger partial charge in [-0.25, -0.2) is 0 Å². The second-order valence-corrected chi connectivity index (χ2v) is 8.09. The number of nitrogens with one attached hydrogen (secondary N) is 1. The number of nitrogens with two attached hydrogens (primary N) is 1. The lowest BCUT2D eigenvalue weighted by Crippen LogP contribution is -2.43. The Hall–Kier alpha value is -1.54. The molecule has 3 rings (SSSR count). The molecule has 2 amide bonds. The summed E-state index contributed by atoms with van der Waals surface area (Å²) in [5, 5.41) is 12.8. The maximum Gasteiger partial charge on any atom is 0.229 e. The predicted octanol–water partition coefficient (Wildman–Crippen LogP) is 1.40. The molecule has 0 spiro atoms. The Bertz CT molecular complexity index is 609. The van der Waals surface area contributed by atoms with Gasteiger partial charge in [-0.15, -0.1) is 10.2 Å². The molecular formula is C16H25N5O2S. The van der Waals surface area contributed by atoms with Crippen LogP contribution >= 0.6 is 11.3 Å². The van der Waals surface area contributed by atoms with Crippen LogP contribution in [-0.4, -0.2) is 40.6 Å². The first kappa shape index (κ1) is 17.3. The van der Waals surface area contributed by atoms with Crippen LogP contribution in [0.1, 0.15) is 56.9 Å². The number of hydrogen-bond donors (Lipinski definition) is 2. The molecule has 1 aliphatic heterocycles. The lowest BCUT2D eigenvalue weighted by atomic mass is 9.91. The van der Waals surface area contributed by atoms with E-state index in [0.29, 0.717) is 11.7 Å². The third kappa shape index (κ3) is 3.75. The van der Waals surface area contributed by atoms with Crippen molar-refractivity contribution in [2.24, 2.45) is 11.7 Å². The normalized spacial score (nSPS) is 27.8. The molecule has 3 N–H and O–H groups in total. The van der Waals surface area contributed by atoms with Crippen molar-refractivity contribution in [3.05, 3.63) is 5.01 Å². The predicted molar refractivity (Wildman–Crippen MR) is 92.8 cm³/mol. The highest BCUT2D eigenvalue weighted by Gasteiger charge is 2.37. The zero-order valence-corrected chi connectivity index (χ0v) is 15.0. The van der Waals surface area contributed by atoms with E-state index in [1.807, 2.05) is 13.8 Å². The Labute approximate surface area is 146 Å². The van der Waals surface area contributed by atoms with Crippen LogP contribution in [0.2, 0.25) is 0 Å². The molecule has 24 heavy (non-hydrogen) atoms. The molecule has 1 atom stereocenters. The minimum absolute atomic E-state index is 0.0279. The standard InChI is InChI=1S/C16H25N5O2S/c1-9(2)15-19-20-16(24-15)21-8-10(7-13(21)22)14(23)18-12-5-3-11(17)4-6-12/h9-12H,3-8,17H2,1-2H3,(H,18,23). The van der Waals surface area contributed by atoms with Crippen molar-refractivity contribution in [1.29, 1.82) is 0 Å². The fourth-order valence-corrected chi connectivity index (χ4v) is 4.09. The molecule has 1 aromatic heterocycles. The SMILES string of the molecule is CC(C)c1nnc(N2CC(C(=O)NC3CCC(N)CC3)CC2=O)s1. The fraction of sp³-hybridized carbons (Fsp3) is 0.750. The monoisotopic (exact) mass is 351 g/mol. The molecule has 0 aromatic carbocycles. The largest absolute Gasteiger partial charge is 0.353 e. The van der Waals surface area contributed by atoms with Crippen LogP contribution in [0.4, 0.5) is 5.13 Å². The Morgan fingerprint density at radius 2 is 2.00 bits per heavy atom. The summed E-state index contributed by atoms with van der Waals surface area (Å²) in [6, 6.07) is 0.449. The van der Waals surface area contributed by atoms with E-state index in [1.54, 1.807) is 4.90 Å². The smallest absolute Gasteiger partial charge is 0.229 e. The van der Waals surface area contributed by atoms with E-state index >= 15 is 0 Å². The average Bonchev–Trinajstić information content (AvgIpc) is 3.16. The van der Waals surface area contributed by atoms with E-state index in [9.17, 15) is 9.59 Å². The van der Waals surface area contributed by atoms with E-state index in [4.69, 9.17) is 5.73 Å². The Balaban J connectivity index is 1.58. The van der Waals surface area contributed by atoms with Gasteiger partial charge in [0.2, 0.25) is 16.9 Å². The second kappa shape index (κ2) is 7.14. The summed E-state index contributed by atoms with van der Waals surface area (Å²) in [5.74, 6) is -0.0996. The summed E-state index contributed by atoms with van der Waals surface area (Å²) in [4.78, 5) is 26.4. The lowest BCUT2D eigenvalue weighted by molar-refractivity contribution is -0.127. The maximum absolute atomic E-state index is 12.5. The first-order valence-corrected chi connectivity index (χ1v) is 9.45. The number of nitrogens with zero attached hydrogens (tertiary/aromatic N) is 3. The minimum atomic E-state index is -0.306. The van der Waals surface area contributed by atoms with Gasteiger partial charge < -0.3 is 11.1 Å². The summed E-state index contributed by atoms with van der Waals surface area (Å²) in [7, 11) is 0. The van der Waals surface area contributed by atoms with Gasteiger partial charge >= 0.3 is 0 Å². The molecule has 1 saturated carbocycles. The van der Waals surface area contributed by atoms with Crippen LogP contribution < -0.4 is 16.0 Å². The van der Waals surface area contributed by atoms with Gasteiger partial charge in [0.1, 0.15) is 5.01 Å². The second-order valence-electron chi connectivity index (χ2n) is 7.10. The molecule has 2 fully saturated rings. The number of carbonyl (C=O) groups excluding carboxylic acids is 2. The number of amides is 2. The quantitative estimate of drug-likeness (QED) is 0.854. The molecule has 132 valence electrons. The molecule has 2 aliphatic rings. The van der Waals surface area contributed by atoms with Crippen molar-refractivity contribution in [1.82, 2.24) is 15.5 Å². The van der Waals surface area contributed by atoms with Crippen LogP contribution in [0.5, 0.6) is 0 Å². The minimum Gasteiger partial charge on any atom is -0.353 e. The molecule has 7 nitrogen and oxygen atoms in total. The van der Waals surface area contributed by atoms with Crippen LogP contribution in [-0.2, 0) is 9.59 Å². The molecule has 1 aromatic rings. The van der Waals surface area contributed by atoms with Gasteiger partial charge in [0.25, 0.3) is 0 Å². The molecule has 8 heteroatoms. The summed E-state index contributed by atoms with van der Waals surface area (Å²) < 4.78 is 0. The van der Waals surface area contributed by atoms with Crippen molar-refractivity contribution in [2.75, 3.05) is 11.4 Å². The third-order valence-electron chi connectivity index (χ3n) is 4.77. The Morgan fingerprint density at radius 3 is 2.62 bits per heavy atom. The lowest BCUT2D eigenvalue weighted by Gasteiger charge is -2.27. The van der Waals surface area contributed by atoms with Crippen LogP contribution in [0.15, 0.2) is 0 Å². The Morgan fingerprint density at radius 1 is 1.29 bits per heavy atom. The molecule has 1 aliphatic carbocycles. The van der Waals surface area contributed by atoms with Crippen molar-refractivity contribution >= 4 is 28.3 Å². The van der Waals surface area contributed by atoms with E-state index in [2.05, 4.69) is 15.5 Å². The molecule has 0 bridgehead atoms. The van der Waals surface area contributed by atoms with Crippen molar-refractivity contribution in [2.45, 2.75) is 64.0 Å². The highest BCUT2D eigenvalue weighted by molar-refractivity contribution is 7.15. The summed E-state index contributed by atoms with van der Waals surface area (Å²) in [6.07, 6.45) is 3.98. The molecule has 1 saturated heterocycles. The average molecular weight is 351 g/mol. The van der Waals surface area contributed by atoms with Gasteiger partial charge in [-0.05, 0) is 25.7 Å². The van der Waals surface area contributed by atoms with Crippen LogP contribution in [0.3, 0.4) is 0 Å². The number of rotatable bonds is 4. The van der Waals surface area contributed by atoms with Crippen molar-refractivity contribution in [3.8, 4) is 0 Å². The first-order valence-electron chi connectivity index (χ1n) is 8.63. The third-order valence-corrected chi connectivity index (χ3v) is 6.02. The van der Waals surface area contributed by atoms with Gasteiger partial charge in [-0.1, -0.05) is 25.2 Å². The van der Waals surface area contributed by atoms with E-state index in [-0.39, 0.29) is 42.2 Å². The molecule has 0 radical (unpaired) electrons. The Kier molecular flexibility index (Phi) is 5.15. The number of carbonyl (C=O) groups is 2. The molecule has 1 unspecified atom stereocenters. The number of hydrogen-bond acceptors (Lipinski definition) is 6. The van der Waals surface area contributed by atoms with Gasteiger partial charge in [-0.3, -0.25) is 14.5 Å². The summed E-state index contributed by atoms with van der Waals surface area (Å²) in [5.41, 5.74) is 5.90. The zero-order valence-electron chi connectivity index (χ0n) is 14.2. The van der Waals surface area contributed by atoms with Crippen LogP contribution in [0, 0.1) is 5.92 Å². The van der Waals surface area contributed by atoms with E-state index < -0.39 is 0 Å². The molecular weight excluding hydrogens is 326 g/mol. The summed E-state index contributed by atoms with van der Waals surface area (Å²) in [6.45, 7) is 4.48. The van der Waals surface area contributed by atoms with E-state index in [1.165, 1.54) is 11.3 Å². The summed E-state index contributed by atoms with van der Waals surface area (Å²) >= 11 is 1.43. The van der Waals surface area contributed by atoms with Gasteiger partial charge in [0.05, 0.1) is 5.92 Å². The van der Waals surface area contributed by atoms with Gasteiger partial charge in [0, 0.05) is 31.0 Å². The van der Waals surface area contributed by atoms with E-state index in [0.717, 1.165) is 30.7 Å². The van der Waals surface area contributed by atoms with Gasteiger partial charge in [0.15, 0.2) is 0 Å². The number of anilines is 1. The van der Waals surface area contributed by atoms with Crippen molar-refractivity contribution in [3.63, 3.8) is 0 Å². The number of aromatic nitrogens is 2. The highest BCUT2D eigenvalue weighted by atomic mass is 32.1. The highest BCUT2D eigenvalue weighted by Crippen LogP contribution is 2.30.